The lowest BCUT2D eigenvalue weighted by Gasteiger charge is -2.33. The number of benzene rings is 1. The monoisotopic (exact) mass is 461 g/mol. The smallest absolute Gasteiger partial charge is 0.225 e. The number of rotatable bonds is 4. The first-order chi connectivity index (χ1) is 16.3. The summed E-state index contributed by atoms with van der Waals surface area (Å²) in [7, 11) is 4.20. The van der Waals surface area contributed by atoms with Crippen LogP contribution in [0.1, 0.15) is 36.2 Å². The first-order valence-corrected chi connectivity index (χ1v) is 12.3. The third kappa shape index (κ3) is 4.04. The van der Waals surface area contributed by atoms with Crippen LogP contribution in [-0.4, -0.2) is 82.0 Å². The normalized spacial score (nSPS) is 19.5. The third-order valence-corrected chi connectivity index (χ3v) is 7.61. The number of hydrogen-bond acceptors (Lipinski definition) is 6. The van der Waals surface area contributed by atoms with Crippen LogP contribution in [0.25, 0.3) is 16.6 Å². The number of aromatic nitrogens is 4. The molecule has 2 aliphatic rings. The van der Waals surface area contributed by atoms with Crippen molar-refractivity contribution in [3.8, 4) is 5.69 Å². The minimum Gasteiger partial charge on any atom is -0.353 e. The lowest BCUT2D eigenvalue weighted by Crippen LogP contribution is -2.43. The summed E-state index contributed by atoms with van der Waals surface area (Å²) in [4.78, 5) is 19.7. The van der Waals surface area contributed by atoms with Crippen molar-refractivity contribution in [3.05, 3.63) is 41.2 Å². The summed E-state index contributed by atoms with van der Waals surface area (Å²) in [5.41, 5.74) is 5.12. The molecule has 1 atom stereocenters. The highest BCUT2D eigenvalue weighted by Gasteiger charge is 2.34. The van der Waals surface area contributed by atoms with Gasteiger partial charge >= 0.3 is 0 Å². The summed E-state index contributed by atoms with van der Waals surface area (Å²) in [6.45, 7) is 9.50. The van der Waals surface area contributed by atoms with Crippen molar-refractivity contribution in [1.29, 1.82) is 0 Å². The highest BCUT2D eigenvalue weighted by atomic mass is 16.2. The van der Waals surface area contributed by atoms with Gasteiger partial charge in [-0.1, -0.05) is 17.7 Å². The number of carbonyl (C=O) groups excluding carboxylic acids is 1. The van der Waals surface area contributed by atoms with E-state index in [1.54, 1.807) is 0 Å². The zero-order valence-electron chi connectivity index (χ0n) is 21.0. The molecular formula is C26H35N7O. The van der Waals surface area contributed by atoms with E-state index in [-0.39, 0.29) is 5.92 Å². The first-order valence-electron chi connectivity index (χ1n) is 12.3. The molecule has 2 fully saturated rings. The van der Waals surface area contributed by atoms with Crippen LogP contribution in [0.15, 0.2) is 24.3 Å². The lowest BCUT2D eigenvalue weighted by molar-refractivity contribution is -0.135. The molecule has 34 heavy (non-hydrogen) atoms. The number of amides is 1. The molecule has 2 saturated heterocycles. The van der Waals surface area contributed by atoms with Gasteiger partial charge < -0.3 is 14.7 Å². The van der Waals surface area contributed by atoms with Crippen LogP contribution in [0.2, 0.25) is 0 Å². The van der Waals surface area contributed by atoms with Gasteiger partial charge in [0.15, 0.2) is 5.82 Å². The fourth-order valence-corrected chi connectivity index (χ4v) is 5.42. The summed E-state index contributed by atoms with van der Waals surface area (Å²) < 4.78 is 1.99. The SMILES string of the molecule is Cc1ccc(-n2nc3c(N4CCC(C(=O)N5CC[C@H](N(C)C)C5)CC4)nnc(C)c3c2C)cc1. The van der Waals surface area contributed by atoms with Crippen molar-refractivity contribution in [2.45, 2.75) is 46.1 Å². The summed E-state index contributed by atoms with van der Waals surface area (Å²) in [6, 6.07) is 8.88. The van der Waals surface area contributed by atoms with E-state index < -0.39 is 0 Å². The number of piperidine rings is 1. The Kier molecular flexibility index (Phi) is 6.02. The molecule has 4 heterocycles. The van der Waals surface area contributed by atoms with Crippen LogP contribution in [0, 0.1) is 26.7 Å². The van der Waals surface area contributed by atoms with E-state index in [0.717, 1.165) is 79.2 Å². The van der Waals surface area contributed by atoms with E-state index in [2.05, 4.69) is 77.1 Å². The molecule has 2 aromatic heterocycles. The molecule has 0 unspecified atom stereocenters. The molecular weight excluding hydrogens is 426 g/mol. The Labute approximate surface area is 201 Å². The van der Waals surface area contributed by atoms with Crippen molar-refractivity contribution in [2.24, 2.45) is 5.92 Å². The molecule has 3 aromatic rings. The van der Waals surface area contributed by atoms with Crippen molar-refractivity contribution in [1.82, 2.24) is 29.8 Å². The molecule has 0 aliphatic carbocycles. The van der Waals surface area contributed by atoms with Crippen LogP contribution in [0.3, 0.4) is 0 Å². The summed E-state index contributed by atoms with van der Waals surface area (Å²) >= 11 is 0. The number of carbonyl (C=O) groups is 1. The number of likely N-dealkylation sites (N-methyl/N-ethyl adjacent to an activating group) is 1. The maximum atomic E-state index is 13.1. The second-order valence-corrected chi connectivity index (χ2v) is 10.1. The molecule has 2 aliphatic heterocycles. The number of fused-ring (bicyclic) bond motifs is 1. The number of hydrogen-bond donors (Lipinski definition) is 0. The Balaban J connectivity index is 1.35. The highest BCUT2D eigenvalue weighted by molar-refractivity contribution is 5.92. The predicted octanol–water partition coefficient (Wildman–Crippen LogP) is 3.12. The highest BCUT2D eigenvalue weighted by Crippen LogP contribution is 2.32. The van der Waals surface area contributed by atoms with Crippen molar-refractivity contribution >= 4 is 22.6 Å². The van der Waals surface area contributed by atoms with E-state index in [9.17, 15) is 4.79 Å². The van der Waals surface area contributed by atoms with Gasteiger partial charge in [-0.3, -0.25) is 4.79 Å². The third-order valence-electron chi connectivity index (χ3n) is 7.61. The molecule has 8 nitrogen and oxygen atoms in total. The summed E-state index contributed by atoms with van der Waals surface area (Å²) in [6.07, 6.45) is 2.75. The molecule has 0 saturated carbocycles. The predicted molar refractivity (Wildman–Crippen MR) is 134 cm³/mol. The number of nitrogens with zero attached hydrogens (tertiary/aromatic N) is 7. The number of likely N-dealkylation sites (tertiary alicyclic amines) is 1. The molecule has 1 amide bonds. The quantitative estimate of drug-likeness (QED) is 0.595. The van der Waals surface area contributed by atoms with E-state index >= 15 is 0 Å². The average Bonchev–Trinajstić information content (AvgIpc) is 3.46. The maximum Gasteiger partial charge on any atom is 0.225 e. The Hall–Kier alpha value is -3.00. The topological polar surface area (TPSA) is 70.4 Å². The zero-order chi connectivity index (χ0) is 24.0. The standard InChI is InChI=1S/C26H35N7O/c1-17-6-8-21(9-7-17)33-19(3)23-18(2)27-28-25(24(23)29-33)31-13-10-20(11-14-31)26(34)32-15-12-22(16-32)30(4)5/h6-9,20,22H,10-16H2,1-5H3/t22-/m0/s1. The second-order valence-electron chi connectivity index (χ2n) is 10.1. The number of aryl methyl sites for hydroxylation is 3. The molecule has 1 aromatic carbocycles. The second kappa shape index (κ2) is 8.98. The molecule has 0 radical (unpaired) electrons. The average molecular weight is 462 g/mol. The minimum absolute atomic E-state index is 0.0953. The van der Waals surface area contributed by atoms with Crippen LogP contribution in [0.5, 0.6) is 0 Å². The Bertz CT molecular complexity index is 1190. The van der Waals surface area contributed by atoms with E-state index in [1.807, 2.05) is 11.6 Å². The van der Waals surface area contributed by atoms with Gasteiger partial charge in [0.25, 0.3) is 0 Å². The van der Waals surface area contributed by atoms with Crippen LogP contribution in [0.4, 0.5) is 5.82 Å². The van der Waals surface area contributed by atoms with Crippen molar-refractivity contribution in [2.75, 3.05) is 45.2 Å². The van der Waals surface area contributed by atoms with Crippen LogP contribution < -0.4 is 4.90 Å². The first kappa shape index (κ1) is 22.8. The van der Waals surface area contributed by atoms with Gasteiger partial charge in [0, 0.05) is 38.1 Å². The number of anilines is 1. The Morgan fingerprint density at radius 2 is 1.68 bits per heavy atom. The maximum absolute atomic E-state index is 13.1. The van der Waals surface area contributed by atoms with E-state index in [4.69, 9.17) is 5.10 Å². The molecule has 8 heteroatoms. The molecule has 5 rings (SSSR count). The van der Waals surface area contributed by atoms with Crippen LogP contribution in [-0.2, 0) is 4.79 Å². The zero-order valence-corrected chi connectivity index (χ0v) is 21.0. The molecule has 180 valence electrons. The van der Waals surface area contributed by atoms with Crippen molar-refractivity contribution < 1.29 is 4.79 Å². The lowest BCUT2D eigenvalue weighted by atomic mass is 9.95. The molecule has 0 spiro atoms. The van der Waals surface area contributed by atoms with Gasteiger partial charge in [-0.15, -0.1) is 5.10 Å². The fraction of sp³-hybridized carbons (Fsp3) is 0.538. The van der Waals surface area contributed by atoms with Gasteiger partial charge in [-0.25, -0.2) is 4.68 Å². The van der Waals surface area contributed by atoms with E-state index in [0.29, 0.717) is 11.9 Å². The van der Waals surface area contributed by atoms with Gasteiger partial charge in [0.05, 0.1) is 22.5 Å². The van der Waals surface area contributed by atoms with Crippen LogP contribution >= 0.6 is 0 Å². The Morgan fingerprint density at radius 3 is 2.32 bits per heavy atom. The minimum atomic E-state index is 0.0953. The molecule has 0 N–H and O–H groups in total. The van der Waals surface area contributed by atoms with Crippen molar-refractivity contribution in [3.63, 3.8) is 0 Å². The Morgan fingerprint density at radius 1 is 0.971 bits per heavy atom. The van der Waals surface area contributed by atoms with Gasteiger partial charge in [0.1, 0.15) is 5.52 Å². The summed E-state index contributed by atoms with van der Waals surface area (Å²) in [5.74, 6) is 1.25. The van der Waals surface area contributed by atoms with E-state index in [1.165, 1.54) is 5.56 Å². The fourth-order valence-electron chi connectivity index (χ4n) is 5.42. The van der Waals surface area contributed by atoms with Gasteiger partial charge in [-0.05, 0) is 66.3 Å². The van der Waals surface area contributed by atoms with Gasteiger partial charge in [-0.2, -0.15) is 10.2 Å². The molecule has 0 bridgehead atoms. The largest absolute Gasteiger partial charge is 0.353 e. The summed E-state index contributed by atoms with van der Waals surface area (Å²) in [5, 5.41) is 15.1. The van der Waals surface area contributed by atoms with Gasteiger partial charge in [0.2, 0.25) is 5.91 Å².